The fraction of sp³-hybridized carbons (Fsp3) is 0.955. The number of rotatable bonds is 55. The van der Waals surface area contributed by atoms with Crippen molar-refractivity contribution in [2.45, 2.75) is 382 Å². The molecule has 3 fully saturated rings. The third-order valence-corrected chi connectivity index (χ3v) is 18.9. The van der Waals surface area contributed by atoms with Gasteiger partial charge in [0.2, 0.25) is 0 Å². The number of unbranched alkanes of at least 4 members (excludes halogenated alkanes) is 34. The summed E-state index contributed by atoms with van der Waals surface area (Å²) >= 11 is 0. The van der Waals surface area contributed by atoms with Crippen LogP contribution in [0.1, 0.15) is 278 Å². The van der Waals surface area contributed by atoms with Crippen molar-refractivity contribution in [1.82, 2.24) is 0 Å². The smallest absolute Gasteiger partial charge is 0.463 e. The molecule has 0 amide bonds. The second-order valence-electron chi connectivity index (χ2n) is 26.0. The molecule has 3 rings (SSSR count). The Morgan fingerprint density at radius 1 is 0.380 bits per heavy atom. The average molecular weight is 1350 g/mol. The number of hydrogen-bond donors (Lipinski definition) is 11. The molecule has 18 atom stereocenters. The second kappa shape index (κ2) is 50.3. The molecule has 1 aliphatic carbocycles. The lowest BCUT2D eigenvalue weighted by Crippen LogP contribution is -2.69. The SMILES string of the molecule is CCCCCCCCCCCCCCCC(=O)OCC1OC(OC2C(O)C(O)C(O)C(OC3OC(CO)C(O)C(O)C3O)C2OP(=O)(O)OCC(COC(=O)CCCCCCCCCCCCC)OC(=O)CCCCCCCCCCCCCCC)C(O)C(O)C1O. The fourth-order valence-corrected chi connectivity index (χ4v) is 13.0. The topological polar surface area (TPSA) is 374 Å². The van der Waals surface area contributed by atoms with Crippen LogP contribution in [0.5, 0.6) is 0 Å². The lowest BCUT2D eigenvalue weighted by molar-refractivity contribution is -0.360. The predicted octanol–water partition coefficient (Wildman–Crippen LogP) is 8.62. The molecule has 92 heavy (non-hydrogen) atoms. The molecule has 25 heteroatoms. The summed E-state index contributed by atoms with van der Waals surface area (Å²) in [5.41, 5.74) is 0. The van der Waals surface area contributed by atoms with Crippen LogP contribution < -0.4 is 0 Å². The van der Waals surface area contributed by atoms with E-state index in [1.165, 1.54) is 122 Å². The highest BCUT2D eigenvalue weighted by molar-refractivity contribution is 7.47. The van der Waals surface area contributed by atoms with Crippen molar-refractivity contribution in [3.63, 3.8) is 0 Å². The van der Waals surface area contributed by atoms with Gasteiger partial charge in [0.1, 0.15) is 98.7 Å². The summed E-state index contributed by atoms with van der Waals surface area (Å²) in [5.74, 6) is -1.98. The van der Waals surface area contributed by atoms with E-state index in [-0.39, 0.29) is 19.3 Å². The minimum Gasteiger partial charge on any atom is -0.463 e. The van der Waals surface area contributed by atoms with Gasteiger partial charge in [-0.15, -0.1) is 0 Å². The van der Waals surface area contributed by atoms with Crippen LogP contribution in [0.25, 0.3) is 0 Å². The highest BCUT2D eigenvalue weighted by Crippen LogP contribution is 2.49. The fourth-order valence-electron chi connectivity index (χ4n) is 12.0. The van der Waals surface area contributed by atoms with Crippen molar-refractivity contribution in [3.8, 4) is 0 Å². The lowest BCUT2D eigenvalue weighted by Gasteiger charge is -2.49. The molecule has 2 heterocycles. The van der Waals surface area contributed by atoms with Crippen LogP contribution in [0.3, 0.4) is 0 Å². The first kappa shape index (κ1) is 84.2. The molecule has 1 saturated carbocycles. The van der Waals surface area contributed by atoms with Crippen LogP contribution in [0.4, 0.5) is 0 Å². The van der Waals surface area contributed by atoms with E-state index < -0.39 is 156 Å². The number of carbonyl (C=O) groups is 3. The van der Waals surface area contributed by atoms with Gasteiger partial charge in [0.25, 0.3) is 0 Å². The Hall–Kier alpha value is -2.04. The number of carbonyl (C=O) groups excluding carboxylic acids is 3. The summed E-state index contributed by atoms with van der Waals surface area (Å²) in [6.07, 6.45) is 4.86. The van der Waals surface area contributed by atoms with Gasteiger partial charge in [-0.1, -0.05) is 239 Å². The number of aliphatic hydroxyl groups is 10. The van der Waals surface area contributed by atoms with Crippen molar-refractivity contribution in [2.75, 3.05) is 26.4 Å². The summed E-state index contributed by atoms with van der Waals surface area (Å²) < 4.78 is 64.8. The van der Waals surface area contributed by atoms with Gasteiger partial charge in [0, 0.05) is 19.3 Å². The third-order valence-electron chi connectivity index (χ3n) is 17.9. The summed E-state index contributed by atoms with van der Waals surface area (Å²) in [6.45, 7) is 3.42. The average Bonchev–Trinajstić information content (AvgIpc) is 0.772. The van der Waals surface area contributed by atoms with Gasteiger partial charge in [-0.05, 0) is 19.3 Å². The zero-order valence-corrected chi connectivity index (χ0v) is 57.0. The van der Waals surface area contributed by atoms with E-state index in [0.29, 0.717) is 19.3 Å². The van der Waals surface area contributed by atoms with Crippen molar-refractivity contribution in [3.05, 3.63) is 0 Å². The molecule has 0 spiro atoms. The largest absolute Gasteiger partial charge is 0.472 e. The zero-order valence-electron chi connectivity index (χ0n) is 56.1. The van der Waals surface area contributed by atoms with Crippen LogP contribution in [0.15, 0.2) is 0 Å². The van der Waals surface area contributed by atoms with Gasteiger partial charge < -0.3 is 89.1 Å². The Morgan fingerprint density at radius 2 is 0.696 bits per heavy atom. The van der Waals surface area contributed by atoms with Gasteiger partial charge in [-0.25, -0.2) is 4.57 Å². The van der Waals surface area contributed by atoms with E-state index in [0.717, 1.165) is 96.3 Å². The molecule has 18 unspecified atom stereocenters. The normalized spacial score (nSPS) is 28.6. The Bertz CT molecular complexity index is 1920. The summed E-state index contributed by atoms with van der Waals surface area (Å²) in [6, 6.07) is 0. The highest BCUT2D eigenvalue weighted by Gasteiger charge is 2.58. The molecule has 24 nitrogen and oxygen atoms in total. The van der Waals surface area contributed by atoms with E-state index in [2.05, 4.69) is 20.8 Å². The summed E-state index contributed by atoms with van der Waals surface area (Å²) in [7, 11) is -5.68. The monoisotopic (exact) mass is 1340 g/mol. The highest BCUT2D eigenvalue weighted by atomic mass is 31.2. The molecule has 11 N–H and O–H groups in total. The number of aliphatic hydroxyl groups excluding tert-OH is 10. The van der Waals surface area contributed by atoms with Crippen LogP contribution in [0.2, 0.25) is 0 Å². The Kier molecular flexibility index (Phi) is 46.0. The number of phosphoric ester groups is 1. The van der Waals surface area contributed by atoms with E-state index in [9.17, 15) is 74.9 Å². The van der Waals surface area contributed by atoms with E-state index in [1.54, 1.807) is 0 Å². The lowest BCUT2D eigenvalue weighted by atomic mass is 9.84. The summed E-state index contributed by atoms with van der Waals surface area (Å²) in [4.78, 5) is 50.8. The van der Waals surface area contributed by atoms with Crippen molar-refractivity contribution in [2.24, 2.45) is 0 Å². The molecule has 3 aliphatic rings. The number of esters is 3. The number of hydrogen-bond acceptors (Lipinski definition) is 23. The molecule has 0 bridgehead atoms. The minimum absolute atomic E-state index is 0.0333. The Morgan fingerprint density at radius 3 is 1.07 bits per heavy atom. The maximum absolute atomic E-state index is 14.3. The molecular formula is C67H125O24P. The molecule has 542 valence electrons. The van der Waals surface area contributed by atoms with Crippen LogP contribution in [0, 0.1) is 0 Å². The number of phosphoric acid groups is 1. The predicted molar refractivity (Wildman–Crippen MR) is 342 cm³/mol. The molecule has 0 aromatic heterocycles. The van der Waals surface area contributed by atoms with Crippen LogP contribution in [-0.2, 0) is 61.2 Å². The molecule has 0 aromatic carbocycles. The maximum atomic E-state index is 14.3. The van der Waals surface area contributed by atoms with Gasteiger partial charge in [0.05, 0.1) is 13.2 Å². The first-order valence-electron chi connectivity index (χ1n) is 35.8. The first-order chi connectivity index (χ1) is 44.3. The van der Waals surface area contributed by atoms with Crippen LogP contribution >= 0.6 is 7.82 Å². The standard InChI is InChI=1S/C67H125O24P/c1-4-7-10-13-16-19-22-24-27-30-33-36-39-42-52(70)84-47-50-55(73)57(75)62(80)67(88-50)90-64-60(78)58(76)59(77)63(89-66-61(79)56(74)54(72)49(44-68)87-66)65(64)91-92(81,82)85-46-48(45-83-51(69)41-38-35-32-29-26-21-18-15-12-9-6-3)86-53(71)43-40-37-34-31-28-25-23-20-17-14-11-8-5-2/h48-50,54-68,72-80H,4-47H2,1-3H3,(H,81,82). The zero-order chi connectivity index (χ0) is 67.5. The second-order valence-corrected chi connectivity index (χ2v) is 27.4. The van der Waals surface area contributed by atoms with Gasteiger partial charge in [-0.2, -0.15) is 0 Å². The van der Waals surface area contributed by atoms with Crippen molar-refractivity contribution in [1.29, 1.82) is 0 Å². The maximum Gasteiger partial charge on any atom is 0.472 e. The molecular weight excluding hydrogens is 1220 g/mol. The third kappa shape index (κ3) is 34.0. The van der Waals surface area contributed by atoms with Gasteiger partial charge in [0.15, 0.2) is 18.7 Å². The molecule has 0 radical (unpaired) electrons. The van der Waals surface area contributed by atoms with Crippen LogP contribution in [-0.4, -0.2) is 204 Å². The van der Waals surface area contributed by atoms with E-state index >= 15 is 0 Å². The van der Waals surface area contributed by atoms with Gasteiger partial charge >= 0.3 is 25.7 Å². The van der Waals surface area contributed by atoms with E-state index in [4.69, 9.17) is 42.2 Å². The van der Waals surface area contributed by atoms with Gasteiger partial charge in [-0.3, -0.25) is 23.4 Å². The molecule has 0 aromatic rings. The Balaban J connectivity index is 1.76. The Labute approximate surface area is 549 Å². The quantitative estimate of drug-likeness (QED) is 0.0117. The first-order valence-corrected chi connectivity index (χ1v) is 37.3. The van der Waals surface area contributed by atoms with Crippen molar-refractivity contribution >= 4 is 25.7 Å². The number of ether oxygens (including phenoxy) is 7. The molecule has 2 aliphatic heterocycles. The van der Waals surface area contributed by atoms with Crippen molar-refractivity contribution < 1.29 is 117 Å². The van der Waals surface area contributed by atoms with E-state index in [1.807, 2.05) is 0 Å². The minimum atomic E-state index is -5.68. The molecule has 2 saturated heterocycles. The summed E-state index contributed by atoms with van der Waals surface area (Å²) in [5, 5.41) is 110.